The highest BCUT2D eigenvalue weighted by Gasteiger charge is 2.00. The molecule has 0 aliphatic carbocycles. The molecule has 1 rings (SSSR count). The van der Waals surface area contributed by atoms with Crippen LogP contribution in [0.5, 0.6) is 0 Å². The van der Waals surface area contributed by atoms with Gasteiger partial charge in [0.25, 0.3) is 0 Å². The summed E-state index contributed by atoms with van der Waals surface area (Å²) in [5, 5.41) is 0. The van der Waals surface area contributed by atoms with Gasteiger partial charge in [0, 0.05) is 5.88 Å². The highest BCUT2D eigenvalue weighted by atomic mass is 35.5. The van der Waals surface area contributed by atoms with Crippen LogP contribution >= 0.6 is 11.6 Å². The Morgan fingerprint density at radius 3 is 2.73 bits per heavy atom. The smallest absolute Gasteiger partial charge is 0.152 e. The van der Waals surface area contributed by atoms with Crippen molar-refractivity contribution in [2.45, 2.75) is 5.88 Å². The zero-order valence-corrected chi connectivity index (χ0v) is 6.44. The first-order valence-corrected chi connectivity index (χ1v) is 3.61. The Morgan fingerprint density at radius 1 is 1.55 bits per heavy atom. The first kappa shape index (κ1) is 8.21. The third-order valence-electron chi connectivity index (χ3n) is 1.35. The Labute approximate surface area is 68.8 Å². The lowest BCUT2D eigenvalue weighted by Gasteiger charge is -1.96. The summed E-state index contributed by atoms with van der Waals surface area (Å²) in [6.07, 6.45) is 0.480. The molecule has 0 aliphatic rings. The molecule has 0 spiro atoms. The van der Waals surface area contributed by atoms with Crippen LogP contribution in [0.2, 0.25) is 0 Å². The Morgan fingerprint density at radius 2 is 2.27 bits per heavy atom. The second-order valence-electron chi connectivity index (χ2n) is 2.11. The number of alkyl halides is 1. The van der Waals surface area contributed by atoms with Crippen molar-refractivity contribution in [3.63, 3.8) is 0 Å². The molecule has 0 radical (unpaired) electrons. The summed E-state index contributed by atoms with van der Waals surface area (Å²) in [6, 6.07) is 4.30. The maximum absolute atomic E-state index is 12.7. The maximum atomic E-state index is 12.7. The van der Waals surface area contributed by atoms with Crippen LogP contribution in [0.25, 0.3) is 0 Å². The Balaban J connectivity index is 3.09. The van der Waals surface area contributed by atoms with Gasteiger partial charge in [0.1, 0.15) is 5.82 Å². The summed E-state index contributed by atoms with van der Waals surface area (Å²) in [7, 11) is 0. The van der Waals surface area contributed by atoms with Crippen molar-refractivity contribution in [3.05, 3.63) is 35.1 Å². The van der Waals surface area contributed by atoms with Gasteiger partial charge in [0.2, 0.25) is 0 Å². The summed E-state index contributed by atoms with van der Waals surface area (Å²) in [5.41, 5.74) is 0.744. The number of carbonyl (C=O) groups excluding carboxylic acids is 1. The SMILES string of the molecule is O=Cc1ccc(CCl)cc1F. The van der Waals surface area contributed by atoms with Crippen LogP contribution in [0.1, 0.15) is 15.9 Å². The van der Waals surface area contributed by atoms with Crippen LogP contribution in [0.3, 0.4) is 0 Å². The Hall–Kier alpha value is -0.890. The summed E-state index contributed by atoms with van der Waals surface area (Å²) in [6.45, 7) is 0. The molecule has 0 heterocycles. The van der Waals surface area contributed by atoms with Gasteiger partial charge in [-0.2, -0.15) is 0 Å². The van der Waals surface area contributed by atoms with Crippen molar-refractivity contribution in [1.29, 1.82) is 0 Å². The average molecular weight is 173 g/mol. The quantitative estimate of drug-likeness (QED) is 0.495. The number of aldehydes is 1. The molecular formula is C8H6ClFO. The molecule has 0 bridgehead atoms. The summed E-state index contributed by atoms with van der Waals surface area (Å²) in [5.74, 6) is -0.256. The molecule has 0 unspecified atom stereocenters. The predicted octanol–water partition coefficient (Wildman–Crippen LogP) is 2.38. The van der Waals surface area contributed by atoms with Crippen molar-refractivity contribution in [3.8, 4) is 0 Å². The van der Waals surface area contributed by atoms with Gasteiger partial charge in [0.15, 0.2) is 6.29 Å². The van der Waals surface area contributed by atoms with Crippen LogP contribution in [0.15, 0.2) is 18.2 Å². The van der Waals surface area contributed by atoms with E-state index in [-0.39, 0.29) is 11.4 Å². The van der Waals surface area contributed by atoms with Crippen molar-refractivity contribution in [2.24, 2.45) is 0 Å². The Kier molecular flexibility index (Phi) is 2.60. The molecule has 0 saturated heterocycles. The number of hydrogen-bond donors (Lipinski definition) is 0. The van der Waals surface area contributed by atoms with Gasteiger partial charge in [-0.1, -0.05) is 6.07 Å². The van der Waals surface area contributed by atoms with E-state index in [0.29, 0.717) is 11.8 Å². The second-order valence-corrected chi connectivity index (χ2v) is 2.37. The van der Waals surface area contributed by atoms with Gasteiger partial charge in [-0.3, -0.25) is 4.79 Å². The monoisotopic (exact) mass is 172 g/mol. The first-order chi connectivity index (χ1) is 5.27. The highest BCUT2D eigenvalue weighted by Crippen LogP contribution is 2.09. The molecule has 0 saturated carbocycles. The largest absolute Gasteiger partial charge is 0.298 e. The fourth-order valence-corrected chi connectivity index (χ4v) is 0.916. The van der Waals surface area contributed by atoms with Gasteiger partial charge >= 0.3 is 0 Å². The van der Waals surface area contributed by atoms with E-state index in [9.17, 15) is 9.18 Å². The van der Waals surface area contributed by atoms with Gasteiger partial charge in [-0.05, 0) is 17.7 Å². The third kappa shape index (κ3) is 1.77. The average Bonchev–Trinajstić information content (AvgIpc) is 2.04. The second kappa shape index (κ2) is 3.49. The molecule has 0 atom stereocenters. The molecule has 0 fully saturated rings. The van der Waals surface area contributed by atoms with Gasteiger partial charge in [-0.25, -0.2) is 4.39 Å². The summed E-state index contributed by atoms with van der Waals surface area (Å²) < 4.78 is 12.7. The standard InChI is InChI=1S/C8H6ClFO/c9-4-6-1-2-7(5-11)8(10)3-6/h1-3,5H,4H2. The maximum Gasteiger partial charge on any atom is 0.152 e. The molecule has 0 amide bonds. The zero-order valence-electron chi connectivity index (χ0n) is 5.68. The van der Waals surface area contributed by atoms with Crippen LogP contribution in [-0.2, 0) is 5.88 Å². The van der Waals surface area contributed by atoms with Crippen LogP contribution in [-0.4, -0.2) is 6.29 Å². The fourth-order valence-electron chi connectivity index (χ4n) is 0.749. The predicted molar refractivity (Wildman–Crippen MR) is 41.3 cm³/mol. The molecule has 3 heteroatoms. The van der Waals surface area contributed by atoms with E-state index in [1.807, 2.05) is 0 Å². The van der Waals surface area contributed by atoms with Crippen molar-refractivity contribution >= 4 is 17.9 Å². The summed E-state index contributed by atoms with van der Waals surface area (Å²) >= 11 is 5.44. The number of hydrogen-bond acceptors (Lipinski definition) is 1. The minimum Gasteiger partial charge on any atom is -0.298 e. The zero-order chi connectivity index (χ0) is 8.27. The van der Waals surface area contributed by atoms with E-state index in [2.05, 4.69) is 0 Å². The molecule has 11 heavy (non-hydrogen) atoms. The lowest BCUT2D eigenvalue weighted by atomic mass is 10.1. The van der Waals surface area contributed by atoms with Crippen molar-refractivity contribution in [1.82, 2.24) is 0 Å². The molecular weight excluding hydrogens is 167 g/mol. The number of benzene rings is 1. The van der Waals surface area contributed by atoms with Crippen LogP contribution in [0.4, 0.5) is 4.39 Å². The van der Waals surface area contributed by atoms with Gasteiger partial charge in [0.05, 0.1) is 5.56 Å². The highest BCUT2D eigenvalue weighted by molar-refractivity contribution is 6.17. The molecule has 58 valence electrons. The molecule has 1 nitrogen and oxygen atoms in total. The molecule has 0 aliphatic heterocycles. The minimum absolute atomic E-state index is 0.0684. The topological polar surface area (TPSA) is 17.1 Å². The minimum atomic E-state index is -0.516. The number of carbonyl (C=O) groups is 1. The first-order valence-electron chi connectivity index (χ1n) is 3.07. The van der Waals surface area contributed by atoms with E-state index in [1.54, 1.807) is 6.07 Å². The number of halogens is 2. The fraction of sp³-hybridized carbons (Fsp3) is 0.125. The Bertz CT molecular complexity index is 273. The number of rotatable bonds is 2. The van der Waals surface area contributed by atoms with Crippen molar-refractivity contribution in [2.75, 3.05) is 0 Å². The molecule has 1 aromatic carbocycles. The third-order valence-corrected chi connectivity index (χ3v) is 1.65. The lowest BCUT2D eigenvalue weighted by Crippen LogP contribution is -1.88. The lowest BCUT2D eigenvalue weighted by molar-refractivity contribution is 0.112. The molecule has 0 aromatic heterocycles. The van der Waals surface area contributed by atoms with Crippen molar-refractivity contribution < 1.29 is 9.18 Å². The van der Waals surface area contributed by atoms with E-state index in [1.165, 1.54) is 12.1 Å². The van der Waals surface area contributed by atoms with E-state index < -0.39 is 5.82 Å². The van der Waals surface area contributed by atoms with E-state index >= 15 is 0 Å². The molecule has 1 aromatic rings. The van der Waals surface area contributed by atoms with Gasteiger partial charge in [-0.15, -0.1) is 11.6 Å². The summed E-state index contributed by atoms with van der Waals surface area (Å²) in [4.78, 5) is 10.2. The van der Waals surface area contributed by atoms with Crippen LogP contribution < -0.4 is 0 Å². The normalized spacial score (nSPS) is 9.64. The van der Waals surface area contributed by atoms with Crippen LogP contribution in [0, 0.1) is 5.82 Å². The van der Waals surface area contributed by atoms with E-state index in [4.69, 9.17) is 11.6 Å². The van der Waals surface area contributed by atoms with Gasteiger partial charge < -0.3 is 0 Å². The van der Waals surface area contributed by atoms with E-state index in [0.717, 1.165) is 0 Å². The molecule has 0 N–H and O–H groups in total.